The Morgan fingerprint density at radius 2 is 1.51 bits per heavy atom. The number of amides is 2. The number of benzene rings is 3. The number of halogens is 2. The SMILES string of the molecule is CCCCNC(=O)[C@@H](CC)N(Cc1c(Cl)cccc1Cl)C(=O)CN(c1ccc(Oc2ccccc2)cc1)S(C)(=O)=O. The highest BCUT2D eigenvalue weighted by atomic mass is 35.5. The van der Waals surface area contributed by atoms with Gasteiger partial charge in [0.1, 0.15) is 24.1 Å². The van der Waals surface area contributed by atoms with Gasteiger partial charge in [0.25, 0.3) is 0 Å². The first-order valence-corrected chi connectivity index (χ1v) is 16.0. The maximum Gasteiger partial charge on any atom is 0.244 e. The van der Waals surface area contributed by atoms with Crippen LogP contribution >= 0.6 is 23.2 Å². The number of anilines is 1. The molecule has 0 fully saturated rings. The van der Waals surface area contributed by atoms with E-state index in [1.165, 1.54) is 4.90 Å². The van der Waals surface area contributed by atoms with Crippen molar-refractivity contribution in [2.75, 3.05) is 23.7 Å². The second-order valence-electron chi connectivity index (χ2n) is 9.47. The van der Waals surface area contributed by atoms with Gasteiger partial charge in [-0.15, -0.1) is 0 Å². The van der Waals surface area contributed by atoms with Crippen LogP contribution in [-0.4, -0.2) is 50.5 Å². The predicted molar refractivity (Wildman–Crippen MR) is 164 cm³/mol. The van der Waals surface area contributed by atoms with Gasteiger partial charge in [0.2, 0.25) is 21.8 Å². The molecule has 41 heavy (non-hydrogen) atoms. The molecular formula is C30H35Cl2N3O5S. The summed E-state index contributed by atoms with van der Waals surface area (Å²) in [4.78, 5) is 28.4. The highest BCUT2D eigenvalue weighted by molar-refractivity contribution is 7.92. The van der Waals surface area contributed by atoms with Gasteiger partial charge in [-0.25, -0.2) is 8.42 Å². The van der Waals surface area contributed by atoms with Gasteiger partial charge in [-0.2, -0.15) is 0 Å². The number of nitrogens with zero attached hydrogens (tertiary/aromatic N) is 2. The van der Waals surface area contributed by atoms with Crippen molar-refractivity contribution < 1.29 is 22.7 Å². The zero-order valence-corrected chi connectivity index (χ0v) is 25.7. The van der Waals surface area contributed by atoms with Gasteiger partial charge >= 0.3 is 0 Å². The number of nitrogens with one attached hydrogen (secondary N) is 1. The van der Waals surface area contributed by atoms with E-state index < -0.39 is 28.5 Å². The normalized spacial score (nSPS) is 11.9. The third kappa shape index (κ3) is 9.11. The minimum Gasteiger partial charge on any atom is -0.457 e. The van der Waals surface area contributed by atoms with Crippen LogP contribution in [0.3, 0.4) is 0 Å². The summed E-state index contributed by atoms with van der Waals surface area (Å²) in [5.74, 6) is 0.232. The molecule has 2 amide bonds. The zero-order chi connectivity index (χ0) is 30.0. The van der Waals surface area contributed by atoms with E-state index in [0.717, 1.165) is 23.4 Å². The first-order valence-electron chi connectivity index (χ1n) is 13.4. The highest BCUT2D eigenvalue weighted by Crippen LogP contribution is 2.29. The first kappa shape index (κ1) is 32.2. The summed E-state index contributed by atoms with van der Waals surface area (Å²) in [7, 11) is -3.89. The fourth-order valence-corrected chi connectivity index (χ4v) is 5.56. The maximum atomic E-state index is 13.9. The first-order chi connectivity index (χ1) is 19.5. The lowest BCUT2D eigenvalue weighted by atomic mass is 10.1. The summed E-state index contributed by atoms with van der Waals surface area (Å²) in [5, 5.41) is 3.56. The molecule has 1 atom stereocenters. The van der Waals surface area contributed by atoms with Crippen LogP contribution in [-0.2, 0) is 26.2 Å². The van der Waals surface area contributed by atoms with E-state index in [1.54, 1.807) is 61.5 Å². The maximum absolute atomic E-state index is 13.9. The van der Waals surface area contributed by atoms with E-state index in [1.807, 2.05) is 25.1 Å². The molecule has 0 aliphatic rings. The Kier molecular flexibility index (Phi) is 11.9. The average molecular weight is 621 g/mol. The Bertz CT molecular complexity index is 1400. The summed E-state index contributed by atoms with van der Waals surface area (Å²) in [6.45, 7) is 3.67. The monoisotopic (exact) mass is 619 g/mol. The molecule has 11 heteroatoms. The van der Waals surface area contributed by atoms with Crippen molar-refractivity contribution in [3.05, 3.63) is 88.4 Å². The molecule has 220 valence electrons. The van der Waals surface area contributed by atoms with E-state index in [0.29, 0.717) is 40.1 Å². The van der Waals surface area contributed by atoms with E-state index in [2.05, 4.69) is 5.32 Å². The molecule has 0 heterocycles. The fraction of sp³-hybridized carbons (Fsp3) is 0.333. The molecule has 3 rings (SSSR count). The van der Waals surface area contributed by atoms with Crippen LogP contribution in [0.25, 0.3) is 0 Å². The van der Waals surface area contributed by atoms with Crippen molar-refractivity contribution in [1.29, 1.82) is 0 Å². The van der Waals surface area contributed by atoms with E-state index in [9.17, 15) is 18.0 Å². The third-order valence-corrected chi connectivity index (χ3v) is 8.24. The fourth-order valence-electron chi connectivity index (χ4n) is 4.20. The summed E-state index contributed by atoms with van der Waals surface area (Å²) < 4.78 is 32.6. The van der Waals surface area contributed by atoms with Crippen LogP contribution < -0.4 is 14.4 Å². The summed E-state index contributed by atoms with van der Waals surface area (Å²) in [6.07, 6.45) is 3.01. The van der Waals surface area contributed by atoms with Crippen LogP contribution in [0, 0.1) is 0 Å². The molecular weight excluding hydrogens is 585 g/mol. The molecule has 8 nitrogen and oxygen atoms in total. The average Bonchev–Trinajstić information content (AvgIpc) is 2.93. The van der Waals surface area contributed by atoms with Crippen LogP contribution in [0.1, 0.15) is 38.7 Å². The van der Waals surface area contributed by atoms with E-state index in [-0.39, 0.29) is 18.1 Å². The molecule has 0 saturated heterocycles. The van der Waals surface area contributed by atoms with Crippen LogP contribution in [0.4, 0.5) is 5.69 Å². The number of carbonyl (C=O) groups excluding carboxylic acids is 2. The van der Waals surface area contributed by atoms with Crippen molar-refractivity contribution in [2.45, 2.75) is 45.7 Å². The Balaban J connectivity index is 1.91. The molecule has 3 aromatic carbocycles. The molecule has 0 aromatic heterocycles. The minimum atomic E-state index is -3.89. The Morgan fingerprint density at radius 1 is 0.902 bits per heavy atom. The van der Waals surface area contributed by atoms with E-state index in [4.69, 9.17) is 27.9 Å². The van der Waals surface area contributed by atoms with Crippen LogP contribution in [0.15, 0.2) is 72.8 Å². The van der Waals surface area contributed by atoms with Gasteiger partial charge in [-0.05, 0) is 61.4 Å². The summed E-state index contributed by atoms with van der Waals surface area (Å²) in [5.41, 5.74) is 0.745. The molecule has 0 radical (unpaired) electrons. The van der Waals surface area contributed by atoms with Crippen molar-refractivity contribution >= 4 is 50.7 Å². The molecule has 3 aromatic rings. The number of para-hydroxylation sites is 1. The van der Waals surface area contributed by atoms with Gasteiger partial charge in [0, 0.05) is 28.7 Å². The smallest absolute Gasteiger partial charge is 0.244 e. The number of hydrogen-bond donors (Lipinski definition) is 1. The molecule has 0 saturated carbocycles. The van der Waals surface area contributed by atoms with E-state index >= 15 is 0 Å². The Labute approximate surface area is 252 Å². The molecule has 0 aliphatic carbocycles. The topological polar surface area (TPSA) is 96.0 Å². The van der Waals surface area contributed by atoms with Gasteiger partial charge in [-0.3, -0.25) is 13.9 Å². The molecule has 1 N–H and O–H groups in total. The van der Waals surface area contributed by atoms with Crippen LogP contribution in [0.2, 0.25) is 10.0 Å². The highest BCUT2D eigenvalue weighted by Gasteiger charge is 2.32. The zero-order valence-electron chi connectivity index (χ0n) is 23.3. The third-order valence-electron chi connectivity index (χ3n) is 6.39. The van der Waals surface area contributed by atoms with Crippen molar-refractivity contribution in [1.82, 2.24) is 10.2 Å². The van der Waals surface area contributed by atoms with Gasteiger partial charge < -0.3 is 15.0 Å². The Morgan fingerprint density at radius 3 is 2.07 bits per heavy atom. The molecule has 0 aliphatic heterocycles. The standard InChI is InChI=1S/C30H35Cl2N3O5S/c1-4-6-19-33-30(37)28(5-2)34(20-25-26(31)13-10-14-27(25)32)29(36)21-35(41(3,38)39)22-15-17-24(18-16-22)40-23-11-8-7-9-12-23/h7-18,28H,4-6,19-21H2,1-3H3,(H,33,37)/t28-/m1/s1. The second kappa shape index (κ2) is 15.1. The lowest BCUT2D eigenvalue weighted by Gasteiger charge is -2.33. The summed E-state index contributed by atoms with van der Waals surface area (Å²) >= 11 is 12.8. The van der Waals surface area contributed by atoms with Crippen LogP contribution in [0.5, 0.6) is 11.5 Å². The minimum absolute atomic E-state index is 0.0709. The second-order valence-corrected chi connectivity index (χ2v) is 12.2. The lowest BCUT2D eigenvalue weighted by Crippen LogP contribution is -2.52. The van der Waals surface area contributed by atoms with Crippen molar-refractivity contribution in [3.8, 4) is 11.5 Å². The number of rotatable bonds is 14. The van der Waals surface area contributed by atoms with Crippen molar-refractivity contribution in [2.24, 2.45) is 0 Å². The number of carbonyl (C=O) groups is 2. The number of hydrogen-bond acceptors (Lipinski definition) is 5. The van der Waals surface area contributed by atoms with Gasteiger partial charge in [0.15, 0.2) is 0 Å². The lowest BCUT2D eigenvalue weighted by molar-refractivity contribution is -0.140. The number of ether oxygens (including phenoxy) is 1. The number of sulfonamides is 1. The summed E-state index contributed by atoms with van der Waals surface area (Å²) in [6, 6.07) is 19.7. The number of unbranched alkanes of at least 4 members (excludes halogenated alkanes) is 1. The predicted octanol–water partition coefficient (Wildman–Crippen LogP) is 6.28. The molecule has 0 unspecified atom stereocenters. The molecule has 0 spiro atoms. The van der Waals surface area contributed by atoms with Crippen molar-refractivity contribution in [3.63, 3.8) is 0 Å². The molecule has 0 bridgehead atoms. The quantitative estimate of drug-likeness (QED) is 0.214. The largest absolute Gasteiger partial charge is 0.457 e. The van der Waals surface area contributed by atoms with Gasteiger partial charge in [0.05, 0.1) is 11.9 Å². The Hall–Kier alpha value is -3.27. The van der Waals surface area contributed by atoms with Gasteiger partial charge in [-0.1, -0.05) is 67.7 Å².